The van der Waals surface area contributed by atoms with E-state index in [1.807, 2.05) is 12.1 Å². The molecule has 0 radical (unpaired) electrons. The highest BCUT2D eigenvalue weighted by atomic mass is 16.3. The minimum atomic E-state index is -0.238. The number of anilines is 3. The van der Waals surface area contributed by atoms with Crippen molar-refractivity contribution in [1.82, 2.24) is 5.32 Å². The molecule has 1 aromatic heterocycles. The zero-order valence-electron chi connectivity index (χ0n) is 29.4. The minimum absolute atomic E-state index is 0.238. The molecule has 256 valence electrons. The van der Waals surface area contributed by atoms with Crippen molar-refractivity contribution in [3.8, 4) is 22.3 Å². The third kappa shape index (κ3) is 5.62. The molecule has 4 heteroatoms. The number of fused-ring (bicyclic) bond motifs is 4. The van der Waals surface area contributed by atoms with Gasteiger partial charge >= 0.3 is 0 Å². The first kappa shape index (κ1) is 31.6. The zero-order valence-corrected chi connectivity index (χ0v) is 29.4. The topological polar surface area (TPSA) is 40.8 Å². The van der Waals surface area contributed by atoms with Crippen LogP contribution in [0.25, 0.3) is 49.9 Å². The van der Waals surface area contributed by atoms with Gasteiger partial charge in [-0.15, -0.1) is 0 Å². The van der Waals surface area contributed by atoms with Gasteiger partial charge in [0.2, 0.25) is 0 Å². The van der Waals surface area contributed by atoms with E-state index in [9.17, 15) is 0 Å². The molecule has 0 amide bonds. The smallest absolute Gasteiger partial charge is 0.146 e. The first-order chi connectivity index (χ1) is 26.8. The minimum Gasteiger partial charge on any atom is -0.455 e. The Bertz CT molecular complexity index is 2800. The normalized spacial score (nSPS) is 13.6. The summed E-state index contributed by atoms with van der Waals surface area (Å²) in [4.78, 5) is 7.48. The summed E-state index contributed by atoms with van der Waals surface area (Å²) in [5.74, 6) is 0. The molecule has 0 spiro atoms. The van der Waals surface area contributed by atoms with Gasteiger partial charge in [-0.2, -0.15) is 0 Å². The molecule has 1 atom stereocenters. The van der Waals surface area contributed by atoms with Crippen molar-refractivity contribution < 1.29 is 4.42 Å². The molecule has 9 aromatic rings. The quantitative estimate of drug-likeness (QED) is 0.181. The van der Waals surface area contributed by atoms with Crippen molar-refractivity contribution in [3.63, 3.8) is 0 Å². The summed E-state index contributed by atoms with van der Waals surface area (Å²) in [6.45, 7) is 0. The molecule has 1 aliphatic rings. The van der Waals surface area contributed by atoms with Gasteiger partial charge in [0, 0.05) is 27.5 Å². The monoisotopic (exact) mass is 693 g/mol. The second kappa shape index (κ2) is 13.4. The van der Waals surface area contributed by atoms with Gasteiger partial charge < -0.3 is 14.6 Å². The van der Waals surface area contributed by atoms with E-state index in [2.05, 4.69) is 198 Å². The molecule has 0 aliphatic carbocycles. The number of nitrogens with zero attached hydrogens (tertiary/aromatic N) is 2. The molecule has 1 unspecified atom stereocenters. The Hall–Kier alpha value is -7.17. The van der Waals surface area contributed by atoms with Gasteiger partial charge in [0.1, 0.15) is 17.3 Å². The average molecular weight is 694 g/mol. The van der Waals surface area contributed by atoms with Crippen LogP contribution in [0, 0.1) is 0 Å². The summed E-state index contributed by atoms with van der Waals surface area (Å²) in [7, 11) is 0. The van der Waals surface area contributed by atoms with Crippen LogP contribution in [-0.4, -0.2) is 0 Å². The number of para-hydroxylation sites is 2. The summed E-state index contributed by atoms with van der Waals surface area (Å²) in [6.07, 6.45) is -0.238. The molecule has 2 heterocycles. The third-order valence-electron chi connectivity index (χ3n) is 10.3. The summed E-state index contributed by atoms with van der Waals surface area (Å²) in [5, 5.41) is 7.92. The predicted octanol–water partition coefficient (Wildman–Crippen LogP) is 11.5. The number of benzene rings is 8. The lowest BCUT2D eigenvalue weighted by atomic mass is 9.99. The first-order valence-electron chi connectivity index (χ1n) is 18.3. The third-order valence-corrected chi connectivity index (χ3v) is 10.3. The molecule has 1 aliphatic heterocycles. The fraction of sp³-hybridized carbons (Fsp3) is 0.0200. The van der Waals surface area contributed by atoms with Crippen LogP contribution in [0.1, 0.15) is 17.3 Å². The van der Waals surface area contributed by atoms with Crippen LogP contribution in [-0.2, 0) is 0 Å². The van der Waals surface area contributed by atoms with Crippen LogP contribution in [0.3, 0.4) is 0 Å². The molecule has 0 saturated carbocycles. The van der Waals surface area contributed by atoms with Gasteiger partial charge in [0.25, 0.3) is 0 Å². The van der Waals surface area contributed by atoms with Crippen LogP contribution in [0.4, 0.5) is 17.1 Å². The average Bonchev–Trinajstić information content (AvgIpc) is 3.65. The fourth-order valence-corrected chi connectivity index (χ4v) is 7.69. The van der Waals surface area contributed by atoms with E-state index < -0.39 is 0 Å². The van der Waals surface area contributed by atoms with E-state index >= 15 is 0 Å². The van der Waals surface area contributed by atoms with E-state index in [1.54, 1.807) is 0 Å². The number of hydrogen-bond donors (Lipinski definition) is 1. The molecule has 8 aromatic carbocycles. The molecule has 54 heavy (non-hydrogen) atoms. The van der Waals surface area contributed by atoms with E-state index in [0.29, 0.717) is 0 Å². The largest absolute Gasteiger partial charge is 0.455 e. The number of furan rings is 1. The van der Waals surface area contributed by atoms with Crippen LogP contribution in [0.15, 0.2) is 210 Å². The summed E-state index contributed by atoms with van der Waals surface area (Å²) >= 11 is 0. The van der Waals surface area contributed by atoms with E-state index in [0.717, 1.165) is 66.4 Å². The second-order valence-electron chi connectivity index (χ2n) is 13.6. The van der Waals surface area contributed by atoms with Crippen LogP contribution in [0.5, 0.6) is 0 Å². The highest BCUT2D eigenvalue weighted by Crippen LogP contribution is 2.45. The van der Waals surface area contributed by atoms with Gasteiger partial charge in [-0.3, -0.25) is 4.99 Å². The van der Waals surface area contributed by atoms with E-state index in [4.69, 9.17) is 9.41 Å². The first-order valence-corrected chi connectivity index (χ1v) is 18.3. The maximum Gasteiger partial charge on any atom is 0.146 e. The SMILES string of the molecule is c1ccc(-c2ccc(N(c3ccc(-c4ccccc4)cc3)c3ccc(C4=c5ccccc5=NC(c5ccccc5)N4)c4oc5ccccc5c34)cc2)cc1. The van der Waals surface area contributed by atoms with Crippen molar-refractivity contribution in [2.75, 3.05) is 4.90 Å². The van der Waals surface area contributed by atoms with Gasteiger partial charge in [0.15, 0.2) is 0 Å². The lowest BCUT2D eigenvalue weighted by Gasteiger charge is -2.28. The van der Waals surface area contributed by atoms with E-state index in [1.165, 1.54) is 22.3 Å². The Morgan fingerprint density at radius 1 is 0.481 bits per heavy atom. The molecule has 0 bridgehead atoms. The standard InChI is InChI=1S/C50H35N3O/c1-4-14-34(15-5-1)36-24-28-39(29-25-36)53(40-30-26-37(27-31-40)35-16-6-2-7-17-35)45-33-32-43(49-47(45)42-21-11-13-23-46(42)54-49)48-41-20-10-12-22-44(41)51-50(52-48)38-18-8-3-9-19-38/h1-33,50,52H. The Kier molecular flexibility index (Phi) is 7.85. The summed E-state index contributed by atoms with van der Waals surface area (Å²) < 4.78 is 6.89. The molecule has 4 nitrogen and oxygen atoms in total. The molecular weight excluding hydrogens is 659 g/mol. The summed E-state index contributed by atoms with van der Waals surface area (Å²) in [5.41, 5.74) is 12.6. The molecular formula is C50H35N3O. The van der Waals surface area contributed by atoms with Crippen molar-refractivity contribution in [3.05, 3.63) is 222 Å². The van der Waals surface area contributed by atoms with Gasteiger partial charge in [-0.25, -0.2) is 0 Å². The Labute approximate surface area is 313 Å². The van der Waals surface area contributed by atoms with Crippen LogP contribution >= 0.6 is 0 Å². The van der Waals surface area contributed by atoms with Crippen molar-refractivity contribution in [2.45, 2.75) is 6.17 Å². The zero-order chi connectivity index (χ0) is 35.8. The fourth-order valence-electron chi connectivity index (χ4n) is 7.69. The van der Waals surface area contributed by atoms with Gasteiger partial charge in [-0.1, -0.05) is 152 Å². The maximum absolute atomic E-state index is 6.89. The van der Waals surface area contributed by atoms with E-state index in [-0.39, 0.29) is 6.17 Å². The molecule has 0 saturated heterocycles. The number of nitrogens with one attached hydrogen (secondary N) is 1. The van der Waals surface area contributed by atoms with Crippen molar-refractivity contribution >= 4 is 44.7 Å². The highest BCUT2D eigenvalue weighted by Gasteiger charge is 2.25. The molecule has 10 rings (SSSR count). The lowest BCUT2D eigenvalue weighted by Crippen LogP contribution is -2.39. The predicted molar refractivity (Wildman–Crippen MR) is 221 cm³/mol. The number of hydrogen-bond acceptors (Lipinski definition) is 4. The lowest BCUT2D eigenvalue weighted by molar-refractivity contribution is 0.630. The maximum atomic E-state index is 6.89. The number of rotatable bonds is 7. The van der Waals surface area contributed by atoms with Gasteiger partial charge in [-0.05, 0) is 76.3 Å². The van der Waals surface area contributed by atoms with Crippen LogP contribution in [0.2, 0.25) is 0 Å². The van der Waals surface area contributed by atoms with Gasteiger partial charge in [0.05, 0.1) is 22.1 Å². The Morgan fingerprint density at radius 2 is 1.02 bits per heavy atom. The highest BCUT2D eigenvalue weighted by molar-refractivity contribution is 6.15. The Balaban J connectivity index is 1.19. The molecule has 0 fully saturated rings. The Morgan fingerprint density at radius 3 is 1.67 bits per heavy atom. The van der Waals surface area contributed by atoms with Crippen molar-refractivity contribution in [1.29, 1.82) is 0 Å². The molecule has 1 N–H and O–H groups in total. The van der Waals surface area contributed by atoms with Crippen molar-refractivity contribution in [2.24, 2.45) is 4.99 Å². The second-order valence-corrected chi connectivity index (χ2v) is 13.6. The van der Waals surface area contributed by atoms with Crippen LogP contribution < -0.4 is 20.8 Å². The summed E-state index contributed by atoms with van der Waals surface area (Å²) in [6, 6.07) is 70.3.